The van der Waals surface area contributed by atoms with Crippen LogP contribution in [-0.2, 0) is 16.8 Å². The second-order valence-corrected chi connectivity index (χ2v) is 5.43. The van der Waals surface area contributed by atoms with Crippen LogP contribution < -0.4 is 9.47 Å². The van der Waals surface area contributed by atoms with Crippen molar-refractivity contribution in [1.29, 1.82) is 0 Å². The summed E-state index contributed by atoms with van der Waals surface area (Å²) in [7, 11) is 3.33. The Morgan fingerprint density at radius 2 is 1.94 bits per heavy atom. The monoisotopic (exact) mass is 314 g/mol. The van der Waals surface area contributed by atoms with Crippen molar-refractivity contribution in [2.75, 3.05) is 26.2 Å². The van der Waals surface area contributed by atoms with Crippen molar-refractivity contribution in [3.05, 3.63) is 23.3 Å². The first kappa shape index (κ1) is 13.7. The quantitative estimate of drug-likeness (QED) is 0.798. The van der Waals surface area contributed by atoms with Crippen LogP contribution in [0.1, 0.15) is 24.5 Å². The van der Waals surface area contributed by atoms with E-state index in [4.69, 9.17) is 14.2 Å². The third-order valence-corrected chi connectivity index (χ3v) is 3.94. The zero-order valence-corrected chi connectivity index (χ0v) is 12.7. The van der Waals surface area contributed by atoms with Gasteiger partial charge in [-0.3, -0.25) is 0 Å². The van der Waals surface area contributed by atoms with Crippen LogP contribution in [0.2, 0.25) is 0 Å². The summed E-state index contributed by atoms with van der Waals surface area (Å²) in [6.45, 7) is 2.89. The van der Waals surface area contributed by atoms with E-state index in [9.17, 15) is 0 Å². The van der Waals surface area contributed by atoms with E-state index < -0.39 is 0 Å². The minimum absolute atomic E-state index is 0.239. The molecule has 1 heterocycles. The molecule has 1 atom stereocenters. The normalized spacial score (nSPS) is 22.4. The van der Waals surface area contributed by atoms with Crippen LogP contribution in [0.15, 0.2) is 12.1 Å². The molecule has 1 aromatic rings. The Hall–Kier alpha value is -0.740. The molecule has 0 fully saturated rings. The van der Waals surface area contributed by atoms with Gasteiger partial charge in [-0.1, -0.05) is 15.9 Å². The molecular formula is C14H19BrO3. The predicted octanol–water partition coefficient (Wildman–Crippen LogP) is 3.28. The van der Waals surface area contributed by atoms with Gasteiger partial charge in [0, 0.05) is 5.33 Å². The Morgan fingerprint density at radius 1 is 1.28 bits per heavy atom. The summed E-state index contributed by atoms with van der Waals surface area (Å²) in [6.07, 6.45) is 1.86. The van der Waals surface area contributed by atoms with E-state index >= 15 is 0 Å². The van der Waals surface area contributed by atoms with Gasteiger partial charge in [-0.2, -0.15) is 0 Å². The van der Waals surface area contributed by atoms with Gasteiger partial charge in [-0.05, 0) is 43.0 Å². The summed E-state index contributed by atoms with van der Waals surface area (Å²) in [4.78, 5) is 0. The molecule has 0 aromatic heterocycles. The SMILES string of the molecule is COc1cc2c(cc1OC)[C@](C)(CCBr)OCC2. The maximum Gasteiger partial charge on any atom is 0.161 e. The average Bonchev–Trinajstić information content (AvgIpc) is 2.38. The Labute approximate surface area is 117 Å². The fourth-order valence-electron chi connectivity index (χ4n) is 2.47. The van der Waals surface area contributed by atoms with E-state index in [1.54, 1.807) is 14.2 Å². The molecule has 3 nitrogen and oxygen atoms in total. The summed E-state index contributed by atoms with van der Waals surface area (Å²) < 4.78 is 16.7. The Kier molecular flexibility index (Phi) is 4.17. The van der Waals surface area contributed by atoms with Crippen LogP contribution >= 0.6 is 15.9 Å². The lowest BCUT2D eigenvalue weighted by Gasteiger charge is -2.36. The van der Waals surface area contributed by atoms with Gasteiger partial charge in [0.1, 0.15) is 0 Å². The van der Waals surface area contributed by atoms with E-state index in [2.05, 4.69) is 35.0 Å². The van der Waals surface area contributed by atoms with Gasteiger partial charge in [0.05, 0.1) is 26.4 Å². The largest absolute Gasteiger partial charge is 0.493 e. The van der Waals surface area contributed by atoms with Gasteiger partial charge < -0.3 is 14.2 Å². The fourth-order valence-corrected chi connectivity index (χ4v) is 3.23. The van der Waals surface area contributed by atoms with Crippen molar-refractivity contribution in [2.45, 2.75) is 25.4 Å². The molecule has 0 saturated heterocycles. The van der Waals surface area contributed by atoms with Crippen LogP contribution in [-0.4, -0.2) is 26.2 Å². The smallest absolute Gasteiger partial charge is 0.161 e. The van der Waals surface area contributed by atoms with Gasteiger partial charge in [-0.25, -0.2) is 0 Å². The summed E-state index contributed by atoms with van der Waals surface area (Å²) >= 11 is 3.50. The number of halogens is 1. The second kappa shape index (κ2) is 5.49. The average molecular weight is 315 g/mol. The van der Waals surface area contributed by atoms with Crippen LogP contribution in [0.5, 0.6) is 11.5 Å². The maximum atomic E-state index is 5.98. The van der Waals surface area contributed by atoms with Crippen molar-refractivity contribution in [1.82, 2.24) is 0 Å². The van der Waals surface area contributed by atoms with E-state index in [1.807, 2.05) is 0 Å². The number of hydrogen-bond donors (Lipinski definition) is 0. The van der Waals surface area contributed by atoms with E-state index in [0.29, 0.717) is 0 Å². The van der Waals surface area contributed by atoms with Crippen molar-refractivity contribution in [2.24, 2.45) is 0 Å². The molecule has 1 aliphatic heterocycles. The molecule has 0 bridgehead atoms. The van der Waals surface area contributed by atoms with Crippen molar-refractivity contribution >= 4 is 15.9 Å². The molecule has 0 amide bonds. The van der Waals surface area contributed by atoms with Gasteiger partial charge >= 0.3 is 0 Å². The molecule has 4 heteroatoms. The lowest BCUT2D eigenvalue weighted by molar-refractivity contribution is -0.0480. The van der Waals surface area contributed by atoms with E-state index in [1.165, 1.54) is 11.1 Å². The fraction of sp³-hybridized carbons (Fsp3) is 0.571. The number of methoxy groups -OCH3 is 2. The number of rotatable bonds is 4. The number of alkyl halides is 1. The van der Waals surface area contributed by atoms with Crippen molar-refractivity contribution < 1.29 is 14.2 Å². The molecule has 0 aliphatic carbocycles. The highest BCUT2D eigenvalue weighted by Gasteiger charge is 2.33. The Morgan fingerprint density at radius 3 is 2.56 bits per heavy atom. The predicted molar refractivity (Wildman–Crippen MR) is 75.0 cm³/mol. The number of ether oxygens (including phenoxy) is 3. The molecule has 0 unspecified atom stereocenters. The molecule has 1 aliphatic rings. The molecule has 1 aromatic carbocycles. The van der Waals surface area contributed by atoms with Crippen molar-refractivity contribution in [3.8, 4) is 11.5 Å². The third kappa shape index (κ3) is 2.36. The molecule has 18 heavy (non-hydrogen) atoms. The standard InChI is InChI=1S/C14H19BrO3/c1-14(5-6-15)11-9-13(17-3)12(16-2)8-10(11)4-7-18-14/h8-9H,4-7H2,1-3H3/t14-/m0/s1. The highest BCUT2D eigenvalue weighted by Crippen LogP contribution is 2.41. The van der Waals surface area contributed by atoms with Gasteiger partial charge in [0.2, 0.25) is 0 Å². The number of fused-ring (bicyclic) bond motifs is 1. The van der Waals surface area contributed by atoms with E-state index in [-0.39, 0.29) is 5.60 Å². The Bertz CT molecular complexity index is 433. The lowest BCUT2D eigenvalue weighted by atomic mass is 9.85. The number of hydrogen-bond acceptors (Lipinski definition) is 3. The summed E-state index contributed by atoms with van der Waals surface area (Å²) in [6, 6.07) is 4.12. The van der Waals surface area contributed by atoms with E-state index in [0.717, 1.165) is 36.3 Å². The number of benzene rings is 1. The van der Waals surface area contributed by atoms with Crippen LogP contribution in [0.25, 0.3) is 0 Å². The van der Waals surface area contributed by atoms with Crippen LogP contribution in [0.3, 0.4) is 0 Å². The maximum absolute atomic E-state index is 5.98. The third-order valence-electron chi connectivity index (χ3n) is 3.54. The molecule has 0 spiro atoms. The second-order valence-electron chi connectivity index (χ2n) is 4.63. The van der Waals surface area contributed by atoms with Crippen LogP contribution in [0, 0.1) is 0 Å². The highest BCUT2D eigenvalue weighted by atomic mass is 79.9. The Balaban J connectivity index is 2.50. The molecular weight excluding hydrogens is 296 g/mol. The van der Waals surface area contributed by atoms with Crippen molar-refractivity contribution in [3.63, 3.8) is 0 Å². The molecule has 0 radical (unpaired) electrons. The molecule has 100 valence electrons. The minimum atomic E-state index is -0.239. The highest BCUT2D eigenvalue weighted by molar-refractivity contribution is 9.09. The minimum Gasteiger partial charge on any atom is -0.493 e. The topological polar surface area (TPSA) is 27.7 Å². The zero-order chi connectivity index (χ0) is 13.2. The zero-order valence-electron chi connectivity index (χ0n) is 11.1. The van der Waals surface area contributed by atoms with Gasteiger partial charge in [0.25, 0.3) is 0 Å². The molecule has 0 N–H and O–H groups in total. The first-order chi connectivity index (χ1) is 8.64. The summed E-state index contributed by atoms with van der Waals surface area (Å²) in [5.74, 6) is 1.56. The summed E-state index contributed by atoms with van der Waals surface area (Å²) in [5, 5.41) is 0.914. The summed E-state index contributed by atoms with van der Waals surface area (Å²) in [5.41, 5.74) is 2.27. The van der Waals surface area contributed by atoms with Gasteiger partial charge in [-0.15, -0.1) is 0 Å². The molecule has 2 rings (SSSR count). The lowest BCUT2D eigenvalue weighted by Crippen LogP contribution is -2.33. The molecule has 0 saturated carbocycles. The first-order valence-corrected chi connectivity index (χ1v) is 7.22. The van der Waals surface area contributed by atoms with Gasteiger partial charge in [0.15, 0.2) is 11.5 Å². The van der Waals surface area contributed by atoms with Crippen LogP contribution in [0.4, 0.5) is 0 Å². The first-order valence-electron chi connectivity index (χ1n) is 6.10.